The summed E-state index contributed by atoms with van der Waals surface area (Å²) in [4.78, 5) is 18.0. The number of carbonyl (C=O) groups is 1. The lowest BCUT2D eigenvalue weighted by Gasteiger charge is -2.27. The Hall–Kier alpha value is -2.95. The maximum atomic E-state index is 12.8. The van der Waals surface area contributed by atoms with Crippen LogP contribution in [0.3, 0.4) is 0 Å². The third kappa shape index (κ3) is 2.29. The molecule has 4 rings (SSSR count). The number of aromatic hydroxyl groups is 1. The molecule has 1 amide bonds. The highest BCUT2D eigenvalue weighted by atomic mass is 16.5. The summed E-state index contributed by atoms with van der Waals surface area (Å²) in [6.07, 6.45) is 0.784. The van der Waals surface area contributed by atoms with Crippen molar-refractivity contribution in [3.8, 4) is 11.5 Å². The first-order valence-electron chi connectivity index (χ1n) is 7.92. The number of aromatic nitrogens is 1. The number of carbonyl (C=O) groups excluding carboxylic acids is 1. The Morgan fingerprint density at radius 3 is 2.88 bits per heavy atom. The highest BCUT2D eigenvalue weighted by Gasteiger charge is 2.26. The van der Waals surface area contributed by atoms with Gasteiger partial charge in [-0.2, -0.15) is 0 Å². The summed E-state index contributed by atoms with van der Waals surface area (Å²) in [5.74, 6) is 0.316. The number of rotatable bonds is 2. The lowest BCUT2D eigenvalue weighted by Crippen LogP contribution is -2.35. The first-order chi connectivity index (χ1) is 11.7. The number of nitrogens with one attached hydrogen (secondary N) is 1. The zero-order chi connectivity index (χ0) is 16.7. The number of para-hydroxylation sites is 1. The highest BCUT2D eigenvalue weighted by Crippen LogP contribution is 2.30. The van der Waals surface area contributed by atoms with Gasteiger partial charge in [-0.15, -0.1) is 0 Å². The maximum absolute atomic E-state index is 12.8. The van der Waals surface area contributed by atoms with E-state index in [9.17, 15) is 9.90 Å². The van der Waals surface area contributed by atoms with Gasteiger partial charge in [-0.3, -0.25) is 4.79 Å². The predicted molar refractivity (Wildman–Crippen MR) is 91.4 cm³/mol. The van der Waals surface area contributed by atoms with E-state index >= 15 is 0 Å². The molecule has 0 fully saturated rings. The molecule has 2 heterocycles. The Labute approximate surface area is 139 Å². The van der Waals surface area contributed by atoms with Crippen molar-refractivity contribution < 1.29 is 14.6 Å². The largest absolute Gasteiger partial charge is 0.507 e. The third-order valence-electron chi connectivity index (χ3n) is 4.61. The molecule has 0 saturated heterocycles. The van der Waals surface area contributed by atoms with Crippen LogP contribution in [0.1, 0.15) is 21.6 Å². The van der Waals surface area contributed by atoms with E-state index in [2.05, 4.69) is 17.1 Å². The zero-order valence-corrected chi connectivity index (χ0v) is 13.4. The van der Waals surface area contributed by atoms with Crippen LogP contribution in [0.5, 0.6) is 11.5 Å². The summed E-state index contributed by atoms with van der Waals surface area (Å²) in [6, 6.07) is 12.9. The van der Waals surface area contributed by atoms with Crippen molar-refractivity contribution >= 4 is 16.8 Å². The lowest BCUT2D eigenvalue weighted by atomic mass is 10.0. The average Bonchev–Trinajstić information content (AvgIpc) is 2.99. The molecule has 1 aliphatic heterocycles. The second-order valence-electron chi connectivity index (χ2n) is 5.99. The summed E-state index contributed by atoms with van der Waals surface area (Å²) in [6.45, 7) is 1.17. The molecule has 1 aromatic heterocycles. The molecule has 2 N–H and O–H groups in total. The van der Waals surface area contributed by atoms with Crippen molar-refractivity contribution in [3.05, 3.63) is 59.3 Å². The Morgan fingerprint density at radius 1 is 1.25 bits per heavy atom. The number of amides is 1. The van der Waals surface area contributed by atoms with Crippen LogP contribution in [0, 0.1) is 0 Å². The first-order valence-corrected chi connectivity index (χ1v) is 7.92. The quantitative estimate of drug-likeness (QED) is 0.762. The van der Waals surface area contributed by atoms with Gasteiger partial charge in [-0.25, -0.2) is 0 Å². The fraction of sp³-hybridized carbons (Fsp3) is 0.211. The van der Waals surface area contributed by atoms with Gasteiger partial charge < -0.3 is 19.7 Å². The van der Waals surface area contributed by atoms with Gasteiger partial charge in [0.2, 0.25) is 0 Å². The molecule has 0 spiro atoms. The van der Waals surface area contributed by atoms with E-state index in [-0.39, 0.29) is 11.7 Å². The van der Waals surface area contributed by atoms with Crippen LogP contribution in [0.2, 0.25) is 0 Å². The van der Waals surface area contributed by atoms with E-state index in [1.54, 1.807) is 17.0 Å². The number of nitrogens with zero attached hydrogens (tertiary/aromatic N) is 1. The van der Waals surface area contributed by atoms with E-state index in [0.29, 0.717) is 24.4 Å². The fourth-order valence-electron chi connectivity index (χ4n) is 3.33. The van der Waals surface area contributed by atoms with Gasteiger partial charge in [0.1, 0.15) is 11.5 Å². The first kappa shape index (κ1) is 14.6. The van der Waals surface area contributed by atoms with Crippen LogP contribution in [0.15, 0.2) is 42.5 Å². The minimum Gasteiger partial charge on any atom is -0.507 e. The number of benzene rings is 2. The Kier molecular flexibility index (Phi) is 3.41. The topological polar surface area (TPSA) is 65.6 Å². The predicted octanol–water partition coefficient (Wildman–Crippen LogP) is 3.08. The fourth-order valence-corrected chi connectivity index (χ4v) is 3.33. The Morgan fingerprint density at radius 2 is 2.08 bits per heavy atom. The number of hydrogen-bond acceptors (Lipinski definition) is 3. The van der Waals surface area contributed by atoms with Gasteiger partial charge in [-0.1, -0.05) is 18.2 Å². The molecule has 5 nitrogen and oxygen atoms in total. The normalized spacial score (nSPS) is 13.8. The van der Waals surface area contributed by atoms with E-state index in [4.69, 9.17) is 4.74 Å². The van der Waals surface area contributed by atoms with Crippen molar-refractivity contribution in [2.24, 2.45) is 0 Å². The summed E-state index contributed by atoms with van der Waals surface area (Å²) in [5.41, 5.74) is 3.76. The van der Waals surface area contributed by atoms with Crippen LogP contribution >= 0.6 is 0 Å². The summed E-state index contributed by atoms with van der Waals surface area (Å²) in [7, 11) is 1.53. The molecule has 0 radical (unpaired) electrons. The van der Waals surface area contributed by atoms with Gasteiger partial charge in [0.05, 0.1) is 12.7 Å². The number of phenols is 1. The number of H-pyrrole nitrogens is 1. The maximum Gasteiger partial charge on any atom is 0.257 e. The smallest absolute Gasteiger partial charge is 0.257 e. The van der Waals surface area contributed by atoms with Crippen molar-refractivity contribution in [2.45, 2.75) is 13.0 Å². The highest BCUT2D eigenvalue weighted by molar-refractivity contribution is 5.97. The molecule has 122 valence electrons. The minimum absolute atomic E-state index is 0.0518. The van der Waals surface area contributed by atoms with Crippen molar-refractivity contribution in [2.75, 3.05) is 13.7 Å². The van der Waals surface area contributed by atoms with E-state index in [0.717, 1.165) is 17.3 Å². The van der Waals surface area contributed by atoms with Crippen molar-refractivity contribution in [1.82, 2.24) is 9.88 Å². The van der Waals surface area contributed by atoms with Gasteiger partial charge >= 0.3 is 0 Å². The molecular formula is C19H18N2O3. The lowest BCUT2D eigenvalue weighted by molar-refractivity contribution is 0.0732. The van der Waals surface area contributed by atoms with Gasteiger partial charge in [0, 0.05) is 47.7 Å². The molecule has 0 saturated carbocycles. The van der Waals surface area contributed by atoms with Gasteiger partial charge in [0.25, 0.3) is 5.91 Å². The Bertz CT molecular complexity index is 930. The molecule has 3 aromatic rings. The summed E-state index contributed by atoms with van der Waals surface area (Å²) < 4.78 is 5.07. The monoisotopic (exact) mass is 322 g/mol. The molecule has 0 unspecified atom stereocenters. The van der Waals surface area contributed by atoms with E-state index in [1.165, 1.54) is 24.4 Å². The number of aromatic amines is 1. The van der Waals surface area contributed by atoms with Crippen molar-refractivity contribution in [3.63, 3.8) is 0 Å². The third-order valence-corrected chi connectivity index (χ3v) is 4.61. The van der Waals surface area contributed by atoms with Crippen LogP contribution in [0.4, 0.5) is 0 Å². The molecular weight excluding hydrogens is 304 g/mol. The molecule has 0 atom stereocenters. The van der Waals surface area contributed by atoms with Crippen LogP contribution < -0.4 is 4.74 Å². The minimum atomic E-state index is -0.161. The summed E-state index contributed by atoms with van der Waals surface area (Å²) >= 11 is 0. The molecule has 5 heteroatoms. The van der Waals surface area contributed by atoms with Crippen LogP contribution in [-0.2, 0) is 13.0 Å². The molecule has 24 heavy (non-hydrogen) atoms. The second kappa shape index (κ2) is 5.60. The zero-order valence-electron chi connectivity index (χ0n) is 13.4. The van der Waals surface area contributed by atoms with Crippen LogP contribution in [-0.4, -0.2) is 34.6 Å². The average molecular weight is 322 g/mol. The molecule has 1 aliphatic rings. The standard InChI is InChI=1S/C19H18N2O3/c1-24-12-6-7-14(18(22)10-12)19(23)21-9-8-17-15(11-21)13-4-2-3-5-16(13)20-17/h2-7,10,20,22H,8-9,11H2,1H3. The molecule has 0 aliphatic carbocycles. The van der Waals surface area contributed by atoms with E-state index in [1.807, 2.05) is 12.1 Å². The van der Waals surface area contributed by atoms with Gasteiger partial charge in [0.15, 0.2) is 0 Å². The van der Waals surface area contributed by atoms with Crippen molar-refractivity contribution in [1.29, 1.82) is 0 Å². The number of methoxy groups -OCH3 is 1. The second-order valence-corrected chi connectivity index (χ2v) is 5.99. The summed E-state index contributed by atoms with van der Waals surface area (Å²) in [5, 5.41) is 11.3. The number of hydrogen-bond donors (Lipinski definition) is 2. The van der Waals surface area contributed by atoms with Crippen LogP contribution in [0.25, 0.3) is 10.9 Å². The Balaban J connectivity index is 1.65. The SMILES string of the molecule is COc1ccc(C(=O)N2CCc3[nH]c4ccccc4c3C2)c(O)c1. The number of phenolic OH excluding ortho intramolecular Hbond substituents is 1. The van der Waals surface area contributed by atoms with E-state index < -0.39 is 0 Å². The molecule has 2 aromatic carbocycles. The number of ether oxygens (including phenoxy) is 1. The van der Waals surface area contributed by atoms with Gasteiger partial charge in [-0.05, 0) is 18.2 Å². The molecule has 0 bridgehead atoms. The number of fused-ring (bicyclic) bond motifs is 3.